The maximum absolute atomic E-state index is 11.7. The number of amides is 1. The highest BCUT2D eigenvalue weighted by Gasteiger charge is 2.36. The Kier molecular flexibility index (Phi) is 6.34. The normalized spacial score (nSPS) is 19.5. The van der Waals surface area contributed by atoms with E-state index in [1.807, 2.05) is 11.8 Å². The first-order valence-electron chi connectivity index (χ1n) is 6.64. The second-order valence-corrected chi connectivity index (χ2v) is 6.51. The predicted octanol–water partition coefficient (Wildman–Crippen LogP) is 2.15. The number of hydrogen-bond acceptors (Lipinski definition) is 3. The molecule has 0 heterocycles. The molecule has 1 unspecified atom stereocenters. The second-order valence-electron chi connectivity index (χ2n) is 5.24. The monoisotopic (exact) mass is 258 g/mol. The van der Waals surface area contributed by atoms with Gasteiger partial charge in [-0.05, 0) is 44.4 Å². The van der Waals surface area contributed by atoms with Crippen LogP contribution in [0.3, 0.4) is 0 Å². The molecule has 0 aromatic rings. The fourth-order valence-corrected chi connectivity index (χ4v) is 3.09. The van der Waals surface area contributed by atoms with E-state index in [-0.39, 0.29) is 5.91 Å². The molecule has 0 aromatic carbocycles. The number of hydrogen-bond donors (Lipinski definition) is 2. The Hall–Kier alpha value is -0.220. The van der Waals surface area contributed by atoms with Gasteiger partial charge in [0.05, 0.1) is 0 Å². The van der Waals surface area contributed by atoms with Gasteiger partial charge >= 0.3 is 0 Å². The molecule has 100 valence electrons. The summed E-state index contributed by atoms with van der Waals surface area (Å²) in [6.07, 6.45) is 8.57. The molecule has 1 atom stereocenters. The van der Waals surface area contributed by atoms with Crippen molar-refractivity contribution in [3.63, 3.8) is 0 Å². The molecule has 3 nitrogen and oxygen atoms in total. The zero-order chi connectivity index (χ0) is 12.7. The van der Waals surface area contributed by atoms with Crippen molar-refractivity contribution in [1.82, 2.24) is 5.32 Å². The number of rotatable bonds is 8. The Morgan fingerprint density at radius 3 is 2.65 bits per heavy atom. The molecule has 0 aromatic heterocycles. The van der Waals surface area contributed by atoms with Gasteiger partial charge in [0.1, 0.15) is 0 Å². The van der Waals surface area contributed by atoms with Gasteiger partial charge in [0, 0.05) is 17.7 Å². The summed E-state index contributed by atoms with van der Waals surface area (Å²) in [6, 6.07) is 0. The third-order valence-corrected chi connectivity index (χ3v) is 5.25. The molecule has 1 fully saturated rings. The molecular weight excluding hydrogens is 232 g/mol. The Balaban J connectivity index is 2.12. The summed E-state index contributed by atoms with van der Waals surface area (Å²) in [4.78, 5) is 11.7. The molecular formula is C13H26N2OS. The van der Waals surface area contributed by atoms with Gasteiger partial charge in [0.15, 0.2) is 0 Å². The van der Waals surface area contributed by atoms with Crippen LogP contribution in [0, 0.1) is 5.92 Å². The standard InChI is InChI=1S/C13H26N2OS/c1-11(6-9-14)4-5-12(16)15-10-13(17-2)7-3-8-13/h11H,3-10,14H2,1-2H3,(H,15,16). The molecule has 1 saturated carbocycles. The van der Waals surface area contributed by atoms with E-state index >= 15 is 0 Å². The van der Waals surface area contributed by atoms with Gasteiger partial charge in [0.2, 0.25) is 5.91 Å². The Morgan fingerprint density at radius 1 is 1.47 bits per heavy atom. The molecule has 17 heavy (non-hydrogen) atoms. The molecule has 1 rings (SSSR count). The largest absolute Gasteiger partial charge is 0.355 e. The lowest BCUT2D eigenvalue weighted by Crippen LogP contribution is -2.45. The van der Waals surface area contributed by atoms with Crippen LogP contribution in [-0.2, 0) is 4.79 Å². The van der Waals surface area contributed by atoms with Crippen molar-refractivity contribution in [3.8, 4) is 0 Å². The molecule has 1 aliphatic rings. The van der Waals surface area contributed by atoms with Crippen molar-refractivity contribution in [2.45, 2.75) is 50.2 Å². The van der Waals surface area contributed by atoms with E-state index in [0.717, 1.165) is 25.9 Å². The quantitative estimate of drug-likeness (QED) is 0.701. The van der Waals surface area contributed by atoms with Gasteiger partial charge in [-0.3, -0.25) is 4.79 Å². The molecule has 1 aliphatic carbocycles. The third kappa shape index (κ3) is 4.88. The first-order valence-corrected chi connectivity index (χ1v) is 7.86. The fourth-order valence-electron chi connectivity index (χ4n) is 2.18. The van der Waals surface area contributed by atoms with E-state index in [1.165, 1.54) is 19.3 Å². The van der Waals surface area contributed by atoms with E-state index in [2.05, 4.69) is 18.5 Å². The summed E-state index contributed by atoms with van der Waals surface area (Å²) < 4.78 is 0.346. The summed E-state index contributed by atoms with van der Waals surface area (Å²) >= 11 is 1.90. The molecule has 0 bridgehead atoms. The van der Waals surface area contributed by atoms with E-state index in [0.29, 0.717) is 17.1 Å². The van der Waals surface area contributed by atoms with E-state index in [9.17, 15) is 4.79 Å². The number of nitrogens with two attached hydrogens (primary N) is 1. The molecule has 3 N–H and O–H groups in total. The number of carbonyl (C=O) groups excluding carboxylic acids is 1. The summed E-state index contributed by atoms with van der Waals surface area (Å²) in [6.45, 7) is 3.73. The summed E-state index contributed by atoms with van der Waals surface area (Å²) in [5.74, 6) is 0.762. The van der Waals surface area contributed by atoms with Crippen LogP contribution >= 0.6 is 11.8 Å². The first kappa shape index (κ1) is 14.8. The Labute approximate surface area is 109 Å². The number of carbonyl (C=O) groups is 1. The van der Waals surface area contributed by atoms with E-state index in [4.69, 9.17) is 5.73 Å². The average molecular weight is 258 g/mol. The Morgan fingerprint density at radius 2 is 2.18 bits per heavy atom. The fraction of sp³-hybridized carbons (Fsp3) is 0.923. The van der Waals surface area contributed by atoms with Crippen LogP contribution in [0.25, 0.3) is 0 Å². The maximum Gasteiger partial charge on any atom is 0.220 e. The molecule has 0 radical (unpaired) electrons. The third-order valence-electron chi connectivity index (χ3n) is 3.83. The molecule has 0 saturated heterocycles. The van der Waals surface area contributed by atoms with Crippen LogP contribution < -0.4 is 11.1 Å². The van der Waals surface area contributed by atoms with Crippen molar-refractivity contribution in [2.24, 2.45) is 11.7 Å². The summed E-state index contributed by atoms with van der Waals surface area (Å²) in [5, 5.41) is 3.08. The van der Waals surface area contributed by atoms with Crippen molar-refractivity contribution >= 4 is 17.7 Å². The van der Waals surface area contributed by atoms with Crippen LogP contribution in [0.1, 0.15) is 45.4 Å². The maximum atomic E-state index is 11.7. The Bertz CT molecular complexity index is 236. The minimum Gasteiger partial charge on any atom is -0.355 e. The highest BCUT2D eigenvalue weighted by atomic mass is 32.2. The van der Waals surface area contributed by atoms with Gasteiger partial charge in [-0.25, -0.2) is 0 Å². The second kappa shape index (κ2) is 7.27. The topological polar surface area (TPSA) is 55.1 Å². The SMILES string of the molecule is CSC1(CNC(=O)CCC(C)CCN)CCC1. The highest BCUT2D eigenvalue weighted by molar-refractivity contribution is 8.00. The van der Waals surface area contributed by atoms with Crippen molar-refractivity contribution < 1.29 is 4.79 Å². The summed E-state index contributed by atoms with van der Waals surface area (Å²) in [7, 11) is 0. The van der Waals surface area contributed by atoms with Crippen LogP contribution in [0.2, 0.25) is 0 Å². The highest BCUT2D eigenvalue weighted by Crippen LogP contribution is 2.42. The minimum atomic E-state index is 0.203. The molecule has 0 spiro atoms. The van der Waals surface area contributed by atoms with E-state index in [1.54, 1.807) is 0 Å². The first-order chi connectivity index (χ1) is 8.12. The van der Waals surface area contributed by atoms with Crippen LogP contribution in [-0.4, -0.2) is 30.0 Å². The predicted molar refractivity (Wildman–Crippen MR) is 75.2 cm³/mol. The van der Waals surface area contributed by atoms with Crippen molar-refractivity contribution in [1.29, 1.82) is 0 Å². The van der Waals surface area contributed by atoms with Gasteiger partial charge in [-0.2, -0.15) is 11.8 Å². The lowest BCUT2D eigenvalue weighted by molar-refractivity contribution is -0.121. The number of nitrogens with one attached hydrogen (secondary N) is 1. The smallest absolute Gasteiger partial charge is 0.220 e. The lowest BCUT2D eigenvalue weighted by Gasteiger charge is -2.40. The molecule has 4 heteroatoms. The lowest BCUT2D eigenvalue weighted by atomic mass is 9.84. The van der Waals surface area contributed by atoms with Crippen molar-refractivity contribution in [3.05, 3.63) is 0 Å². The van der Waals surface area contributed by atoms with Crippen LogP contribution in [0.5, 0.6) is 0 Å². The van der Waals surface area contributed by atoms with Gasteiger partial charge in [-0.1, -0.05) is 13.3 Å². The zero-order valence-electron chi connectivity index (χ0n) is 11.1. The van der Waals surface area contributed by atoms with E-state index < -0.39 is 0 Å². The van der Waals surface area contributed by atoms with Crippen LogP contribution in [0.4, 0.5) is 0 Å². The van der Waals surface area contributed by atoms with Gasteiger partial charge in [-0.15, -0.1) is 0 Å². The average Bonchev–Trinajstić information content (AvgIpc) is 2.26. The summed E-state index contributed by atoms with van der Waals surface area (Å²) in [5.41, 5.74) is 5.49. The minimum absolute atomic E-state index is 0.203. The number of thioether (sulfide) groups is 1. The van der Waals surface area contributed by atoms with Crippen LogP contribution in [0.15, 0.2) is 0 Å². The van der Waals surface area contributed by atoms with Gasteiger partial charge < -0.3 is 11.1 Å². The molecule has 1 amide bonds. The zero-order valence-corrected chi connectivity index (χ0v) is 11.9. The van der Waals surface area contributed by atoms with Crippen molar-refractivity contribution in [2.75, 3.05) is 19.3 Å². The van der Waals surface area contributed by atoms with Gasteiger partial charge in [0.25, 0.3) is 0 Å². The molecule has 0 aliphatic heterocycles.